The van der Waals surface area contributed by atoms with E-state index in [1.165, 1.54) is 11.1 Å². The van der Waals surface area contributed by atoms with Gasteiger partial charge in [-0.1, -0.05) is 48.5 Å². The third-order valence-electron chi connectivity index (χ3n) is 5.79. The molecule has 5 heteroatoms. The predicted octanol–water partition coefficient (Wildman–Crippen LogP) is 1.66. The minimum atomic E-state index is 0.111. The normalized spacial score (nSPS) is 16.9. The fourth-order valence-corrected chi connectivity index (χ4v) is 3.75. The summed E-state index contributed by atoms with van der Waals surface area (Å²) in [6.07, 6.45) is 2.09. The van der Waals surface area contributed by atoms with E-state index in [4.69, 9.17) is 0 Å². The molecular formula is C24H35N3O2. The van der Waals surface area contributed by atoms with Crippen LogP contribution in [0, 0.1) is 0 Å². The molecule has 3 rings (SSSR count). The van der Waals surface area contributed by atoms with Crippen LogP contribution < -0.4 is 5.32 Å². The smallest absolute Gasteiger partial charge is 0.0681 e. The van der Waals surface area contributed by atoms with Crippen LogP contribution in [0.5, 0.6) is 0 Å². The average Bonchev–Trinajstić information content (AvgIpc) is 2.89. The molecule has 5 nitrogen and oxygen atoms in total. The second-order valence-electron chi connectivity index (χ2n) is 7.88. The van der Waals surface area contributed by atoms with Gasteiger partial charge in [0.25, 0.3) is 0 Å². The molecule has 0 aromatic heterocycles. The summed E-state index contributed by atoms with van der Waals surface area (Å²) >= 11 is 0. The van der Waals surface area contributed by atoms with Crippen molar-refractivity contribution in [3.8, 4) is 0 Å². The van der Waals surface area contributed by atoms with E-state index in [1.807, 2.05) is 24.3 Å². The van der Waals surface area contributed by atoms with Crippen molar-refractivity contribution in [2.75, 3.05) is 52.4 Å². The Labute approximate surface area is 175 Å². The van der Waals surface area contributed by atoms with Crippen molar-refractivity contribution in [3.05, 3.63) is 70.8 Å². The van der Waals surface area contributed by atoms with Gasteiger partial charge in [0.05, 0.1) is 13.2 Å². The minimum Gasteiger partial charge on any atom is -0.392 e. The Bertz CT molecular complexity index is 642. The number of hydrogen-bond acceptors (Lipinski definition) is 5. The summed E-state index contributed by atoms with van der Waals surface area (Å²) in [5, 5.41) is 21.9. The Morgan fingerprint density at radius 1 is 0.586 bits per heavy atom. The monoisotopic (exact) mass is 397 g/mol. The Kier molecular flexibility index (Phi) is 9.12. The van der Waals surface area contributed by atoms with Crippen molar-refractivity contribution in [2.45, 2.75) is 26.1 Å². The summed E-state index contributed by atoms with van der Waals surface area (Å²) in [6, 6.07) is 16.6. The van der Waals surface area contributed by atoms with E-state index < -0.39 is 0 Å². The molecule has 2 aromatic rings. The van der Waals surface area contributed by atoms with Gasteiger partial charge in [0.1, 0.15) is 0 Å². The zero-order chi connectivity index (χ0) is 20.3. The number of hydrogen-bond donors (Lipinski definition) is 3. The van der Waals surface area contributed by atoms with Crippen molar-refractivity contribution in [1.29, 1.82) is 0 Å². The van der Waals surface area contributed by atoms with Gasteiger partial charge in [0.15, 0.2) is 0 Å². The van der Waals surface area contributed by atoms with Gasteiger partial charge in [0, 0.05) is 52.4 Å². The summed E-state index contributed by atoms with van der Waals surface area (Å²) in [5.41, 5.74) is 4.61. The number of rotatable bonds is 8. The van der Waals surface area contributed by atoms with Crippen LogP contribution in [0.25, 0.3) is 0 Å². The Balaban J connectivity index is 1.46. The number of aliphatic hydroxyl groups is 2. The van der Waals surface area contributed by atoms with Gasteiger partial charge in [-0.3, -0.25) is 0 Å². The first-order valence-electron chi connectivity index (χ1n) is 10.8. The number of aliphatic hydroxyl groups excluding tert-OH is 2. The molecule has 1 aliphatic rings. The van der Waals surface area contributed by atoms with E-state index in [1.54, 1.807) is 0 Å². The van der Waals surface area contributed by atoms with Crippen LogP contribution in [0.2, 0.25) is 0 Å². The van der Waals surface area contributed by atoms with Crippen LogP contribution in [0.3, 0.4) is 0 Å². The number of benzene rings is 2. The van der Waals surface area contributed by atoms with Crippen LogP contribution in [0.4, 0.5) is 0 Å². The molecule has 158 valence electrons. The van der Waals surface area contributed by atoms with Gasteiger partial charge >= 0.3 is 0 Å². The highest BCUT2D eigenvalue weighted by molar-refractivity contribution is 5.23. The SMILES string of the molecule is OCc1ccc(CCN2CCNCCN(CCc3ccc(CO)cc3)CC2)cc1. The quantitative estimate of drug-likeness (QED) is 0.633. The van der Waals surface area contributed by atoms with E-state index >= 15 is 0 Å². The molecule has 29 heavy (non-hydrogen) atoms. The van der Waals surface area contributed by atoms with Crippen molar-refractivity contribution >= 4 is 0 Å². The molecule has 1 aliphatic heterocycles. The number of nitrogens with one attached hydrogen (secondary N) is 1. The van der Waals surface area contributed by atoms with E-state index in [-0.39, 0.29) is 13.2 Å². The lowest BCUT2D eigenvalue weighted by Crippen LogP contribution is -2.37. The molecule has 0 unspecified atom stereocenters. The van der Waals surface area contributed by atoms with Gasteiger partial charge in [-0.2, -0.15) is 0 Å². The molecule has 0 radical (unpaired) electrons. The van der Waals surface area contributed by atoms with Crippen molar-refractivity contribution in [3.63, 3.8) is 0 Å². The standard InChI is InChI=1S/C24H35N3O2/c28-19-23-5-1-21(2-6-23)9-13-26-15-11-25-12-16-27(18-17-26)14-10-22-3-7-24(20-29)8-4-22/h1-8,25,28-29H,9-20H2. The molecule has 0 atom stereocenters. The zero-order valence-electron chi connectivity index (χ0n) is 17.4. The minimum absolute atomic E-state index is 0.111. The van der Waals surface area contributed by atoms with E-state index in [9.17, 15) is 10.2 Å². The molecule has 0 saturated carbocycles. The fraction of sp³-hybridized carbons (Fsp3) is 0.500. The summed E-state index contributed by atoms with van der Waals surface area (Å²) in [6.45, 7) is 8.81. The summed E-state index contributed by atoms with van der Waals surface area (Å²) in [4.78, 5) is 5.11. The topological polar surface area (TPSA) is 59.0 Å². The first-order chi connectivity index (χ1) is 14.3. The molecule has 2 aromatic carbocycles. The molecule has 1 saturated heterocycles. The summed E-state index contributed by atoms with van der Waals surface area (Å²) in [7, 11) is 0. The van der Waals surface area contributed by atoms with Crippen LogP contribution >= 0.6 is 0 Å². The van der Waals surface area contributed by atoms with E-state index in [0.29, 0.717) is 0 Å². The Morgan fingerprint density at radius 3 is 1.34 bits per heavy atom. The van der Waals surface area contributed by atoms with Crippen LogP contribution in [-0.4, -0.2) is 72.4 Å². The highest BCUT2D eigenvalue weighted by Crippen LogP contribution is 2.08. The largest absolute Gasteiger partial charge is 0.392 e. The van der Waals surface area contributed by atoms with Crippen LogP contribution in [0.15, 0.2) is 48.5 Å². The van der Waals surface area contributed by atoms with Crippen molar-refractivity contribution in [2.24, 2.45) is 0 Å². The van der Waals surface area contributed by atoms with E-state index in [2.05, 4.69) is 39.4 Å². The van der Waals surface area contributed by atoms with E-state index in [0.717, 1.165) is 76.3 Å². The van der Waals surface area contributed by atoms with Crippen molar-refractivity contribution < 1.29 is 10.2 Å². The molecule has 0 spiro atoms. The molecule has 0 bridgehead atoms. The average molecular weight is 398 g/mol. The Morgan fingerprint density at radius 2 is 0.966 bits per heavy atom. The van der Waals surface area contributed by atoms with Gasteiger partial charge < -0.3 is 25.3 Å². The maximum absolute atomic E-state index is 9.18. The zero-order valence-corrected chi connectivity index (χ0v) is 17.4. The predicted molar refractivity (Wildman–Crippen MR) is 118 cm³/mol. The highest BCUT2D eigenvalue weighted by atomic mass is 16.3. The maximum Gasteiger partial charge on any atom is 0.0681 e. The van der Waals surface area contributed by atoms with Gasteiger partial charge in [0.2, 0.25) is 0 Å². The second kappa shape index (κ2) is 12.1. The first-order valence-corrected chi connectivity index (χ1v) is 10.8. The lowest BCUT2D eigenvalue weighted by atomic mass is 10.1. The third kappa shape index (κ3) is 7.53. The fourth-order valence-electron chi connectivity index (χ4n) is 3.75. The lowest BCUT2D eigenvalue weighted by Gasteiger charge is -2.26. The lowest BCUT2D eigenvalue weighted by molar-refractivity contribution is 0.222. The maximum atomic E-state index is 9.18. The summed E-state index contributed by atoms with van der Waals surface area (Å²) < 4.78 is 0. The molecule has 3 N–H and O–H groups in total. The highest BCUT2D eigenvalue weighted by Gasteiger charge is 2.12. The van der Waals surface area contributed by atoms with Gasteiger partial charge in [-0.15, -0.1) is 0 Å². The molecule has 0 aliphatic carbocycles. The molecule has 1 heterocycles. The van der Waals surface area contributed by atoms with Crippen LogP contribution in [-0.2, 0) is 26.1 Å². The molecule has 1 fully saturated rings. The second-order valence-corrected chi connectivity index (χ2v) is 7.88. The Hall–Kier alpha value is -1.76. The summed E-state index contributed by atoms with van der Waals surface area (Å²) in [5.74, 6) is 0. The van der Waals surface area contributed by atoms with Crippen LogP contribution in [0.1, 0.15) is 22.3 Å². The third-order valence-corrected chi connectivity index (χ3v) is 5.79. The first kappa shape index (κ1) is 21.9. The molecular weight excluding hydrogens is 362 g/mol. The number of nitrogens with zero attached hydrogens (tertiary/aromatic N) is 2. The van der Waals surface area contributed by atoms with Crippen molar-refractivity contribution in [1.82, 2.24) is 15.1 Å². The molecule has 0 amide bonds. The van der Waals surface area contributed by atoms with Gasteiger partial charge in [-0.25, -0.2) is 0 Å². The van der Waals surface area contributed by atoms with Gasteiger partial charge in [-0.05, 0) is 35.1 Å².